The molecule has 1 aliphatic carbocycles. The number of nitrogens with one attached hydrogen (secondary N) is 1. The second kappa shape index (κ2) is 3.28. The monoisotopic (exact) mass is 218 g/mol. The summed E-state index contributed by atoms with van der Waals surface area (Å²) >= 11 is 0. The number of hydrogen-bond donors (Lipinski definition) is 2. The lowest BCUT2D eigenvalue weighted by Crippen LogP contribution is -2.42. The van der Waals surface area contributed by atoms with E-state index in [4.69, 9.17) is 5.11 Å². The van der Waals surface area contributed by atoms with Gasteiger partial charge in [0.1, 0.15) is 0 Å². The number of nitrogens with zero attached hydrogens (tertiary/aromatic N) is 1. The maximum Gasteiger partial charge on any atom is 0.306 e. The summed E-state index contributed by atoms with van der Waals surface area (Å²) in [4.78, 5) is 15.5. The fourth-order valence-corrected chi connectivity index (χ4v) is 3.13. The van der Waals surface area contributed by atoms with Gasteiger partial charge in [-0.3, -0.25) is 9.78 Å². The Morgan fingerprint density at radius 2 is 2.38 bits per heavy atom. The highest BCUT2D eigenvalue weighted by Crippen LogP contribution is 2.49. The van der Waals surface area contributed by atoms with Gasteiger partial charge in [-0.1, -0.05) is 6.07 Å². The number of rotatable bonds is 2. The molecule has 1 aliphatic heterocycles. The number of aliphatic carboxylic acids is 1. The number of carboxylic acids is 1. The van der Waals surface area contributed by atoms with Crippen LogP contribution < -0.4 is 5.32 Å². The van der Waals surface area contributed by atoms with E-state index < -0.39 is 5.97 Å². The zero-order valence-corrected chi connectivity index (χ0v) is 8.89. The Morgan fingerprint density at radius 3 is 3.00 bits per heavy atom. The molecule has 3 rings (SSSR count). The lowest BCUT2D eigenvalue weighted by Gasteiger charge is -2.29. The summed E-state index contributed by atoms with van der Waals surface area (Å²) in [5, 5.41) is 12.6. The van der Waals surface area contributed by atoms with Gasteiger partial charge in [0.15, 0.2) is 0 Å². The Hall–Kier alpha value is -1.42. The predicted octanol–water partition coefficient (Wildman–Crippen LogP) is 0.991. The van der Waals surface area contributed by atoms with Crippen LogP contribution in [0.2, 0.25) is 0 Å². The first-order chi connectivity index (χ1) is 7.71. The maximum absolute atomic E-state index is 11.1. The zero-order chi connectivity index (χ0) is 11.2. The van der Waals surface area contributed by atoms with Crippen molar-refractivity contribution in [1.29, 1.82) is 0 Å². The molecule has 2 heterocycles. The second-order valence-electron chi connectivity index (χ2n) is 4.79. The molecule has 0 amide bonds. The van der Waals surface area contributed by atoms with Gasteiger partial charge in [-0.25, -0.2) is 0 Å². The van der Waals surface area contributed by atoms with Crippen LogP contribution in [0.4, 0.5) is 0 Å². The van der Waals surface area contributed by atoms with Crippen LogP contribution in [-0.2, 0) is 10.3 Å². The topological polar surface area (TPSA) is 62.2 Å². The first-order valence-electron chi connectivity index (χ1n) is 5.61. The van der Waals surface area contributed by atoms with E-state index in [0.717, 1.165) is 18.7 Å². The molecule has 16 heavy (non-hydrogen) atoms. The number of aromatic nitrogens is 1. The molecule has 3 atom stereocenters. The van der Waals surface area contributed by atoms with Crippen LogP contribution in [0.25, 0.3) is 0 Å². The molecule has 1 saturated heterocycles. The summed E-state index contributed by atoms with van der Waals surface area (Å²) < 4.78 is 0. The van der Waals surface area contributed by atoms with Crippen molar-refractivity contribution in [2.75, 3.05) is 6.54 Å². The highest BCUT2D eigenvalue weighted by atomic mass is 16.4. The molecule has 3 unspecified atom stereocenters. The minimum Gasteiger partial charge on any atom is -0.481 e. The van der Waals surface area contributed by atoms with Gasteiger partial charge in [0.25, 0.3) is 0 Å². The van der Waals surface area contributed by atoms with E-state index in [9.17, 15) is 4.79 Å². The number of carbonyl (C=O) groups is 1. The Kier molecular flexibility index (Phi) is 2.01. The summed E-state index contributed by atoms with van der Waals surface area (Å²) in [7, 11) is 0. The van der Waals surface area contributed by atoms with Crippen molar-refractivity contribution >= 4 is 5.97 Å². The largest absolute Gasteiger partial charge is 0.481 e. The summed E-state index contributed by atoms with van der Waals surface area (Å²) in [6.45, 7) is 0.799. The third kappa shape index (κ3) is 1.26. The molecule has 2 aliphatic rings. The molecule has 4 heteroatoms. The van der Waals surface area contributed by atoms with Gasteiger partial charge < -0.3 is 10.4 Å². The lowest BCUT2D eigenvalue weighted by molar-refractivity contribution is -0.143. The van der Waals surface area contributed by atoms with Crippen molar-refractivity contribution in [3.05, 3.63) is 30.1 Å². The first kappa shape index (κ1) is 9.78. The van der Waals surface area contributed by atoms with Gasteiger partial charge in [-0.2, -0.15) is 0 Å². The molecule has 1 aromatic heterocycles. The molecule has 2 fully saturated rings. The summed E-state index contributed by atoms with van der Waals surface area (Å²) in [6, 6.07) is 5.83. The average Bonchev–Trinajstić information content (AvgIpc) is 2.89. The van der Waals surface area contributed by atoms with Gasteiger partial charge in [0, 0.05) is 6.20 Å². The van der Waals surface area contributed by atoms with Crippen molar-refractivity contribution < 1.29 is 9.90 Å². The molecule has 0 aromatic carbocycles. The van der Waals surface area contributed by atoms with E-state index in [-0.39, 0.29) is 17.4 Å². The first-order valence-corrected chi connectivity index (χ1v) is 5.61. The number of fused-ring (bicyclic) bond motifs is 2. The van der Waals surface area contributed by atoms with E-state index in [1.807, 2.05) is 18.2 Å². The van der Waals surface area contributed by atoms with Crippen LogP contribution in [-0.4, -0.2) is 22.6 Å². The fraction of sp³-hybridized carbons (Fsp3) is 0.500. The molecule has 1 saturated carbocycles. The fourth-order valence-electron chi connectivity index (χ4n) is 3.13. The highest BCUT2D eigenvalue weighted by molar-refractivity contribution is 5.71. The van der Waals surface area contributed by atoms with Gasteiger partial charge in [0.05, 0.1) is 17.2 Å². The van der Waals surface area contributed by atoms with Gasteiger partial charge >= 0.3 is 5.97 Å². The third-order valence-corrected chi connectivity index (χ3v) is 3.92. The van der Waals surface area contributed by atoms with E-state index in [1.54, 1.807) is 6.20 Å². The van der Waals surface area contributed by atoms with Crippen molar-refractivity contribution in [2.24, 2.45) is 11.8 Å². The van der Waals surface area contributed by atoms with Crippen LogP contribution in [0.5, 0.6) is 0 Å². The summed E-state index contributed by atoms with van der Waals surface area (Å²) in [6.07, 6.45) is 3.35. The Morgan fingerprint density at radius 1 is 1.50 bits per heavy atom. The molecule has 2 N–H and O–H groups in total. The summed E-state index contributed by atoms with van der Waals surface area (Å²) in [5.41, 5.74) is 0.802. The molecule has 0 spiro atoms. The number of hydrogen-bond acceptors (Lipinski definition) is 3. The standard InChI is InChI=1S/C12H14N2O2/c15-11(16)9-6-12(5-8(9)7-14-12)10-3-1-2-4-13-10/h1-4,8-9,14H,5-7H2,(H,15,16). The minimum absolute atomic E-state index is 0.186. The van der Waals surface area contributed by atoms with Gasteiger partial charge in [-0.15, -0.1) is 0 Å². The molecular formula is C12H14N2O2. The molecular weight excluding hydrogens is 204 g/mol. The normalized spacial score (nSPS) is 36.5. The minimum atomic E-state index is -0.663. The van der Waals surface area contributed by atoms with Crippen LogP contribution >= 0.6 is 0 Å². The zero-order valence-electron chi connectivity index (χ0n) is 8.89. The van der Waals surface area contributed by atoms with Crippen molar-refractivity contribution in [2.45, 2.75) is 18.4 Å². The third-order valence-electron chi connectivity index (χ3n) is 3.92. The van der Waals surface area contributed by atoms with Crippen LogP contribution in [0.3, 0.4) is 0 Å². The Labute approximate surface area is 93.7 Å². The lowest BCUT2D eigenvalue weighted by atomic mass is 9.90. The smallest absolute Gasteiger partial charge is 0.306 e. The van der Waals surface area contributed by atoms with Crippen molar-refractivity contribution in [1.82, 2.24) is 10.3 Å². The van der Waals surface area contributed by atoms with E-state index in [1.165, 1.54) is 0 Å². The van der Waals surface area contributed by atoms with Crippen LogP contribution in [0.15, 0.2) is 24.4 Å². The predicted molar refractivity (Wildman–Crippen MR) is 57.8 cm³/mol. The summed E-state index contributed by atoms with van der Waals surface area (Å²) in [5.74, 6) is -0.605. The molecule has 1 aromatic rings. The highest BCUT2D eigenvalue weighted by Gasteiger charge is 2.54. The molecule has 84 valence electrons. The van der Waals surface area contributed by atoms with Crippen LogP contribution in [0.1, 0.15) is 18.5 Å². The molecule has 4 nitrogen and oxygen atoms in total. The molecule has 0 radical (unpaired) electrons. The maximum atomic E-state index is 11.1. The van der Waals surface area contributed by atoms with Gasteiger partial charge in [-0.05, 0) is 37.4 Å². The molecule has 2 bridgehead atoms. The van der Waals surface area contributed by atoms with Gasteiger partial charge in [0.2, 0.25) is 0 Å². The number of piperidine rings is 1. The van der Waals surface area contributed by atoms with E-state index >= 15 is 0 Å². The SMILES string of the molecule is O=C(O)C1CC2(c3ccccn3)CC1CN2. The van der Waals surface area contributed by atoms with E-state index in [2.05, 4.69) is 10.3 Å². The Balaban J connectivity index is 1.94. The quantitative estimate of drug-likeness (QED) is 0.777. The number of carboxylic acid groups (broad SMARTS) is 1. The van der Waals surface area contributed by atoms with Crippen molar-refractivity contribution in [3.8, 4) is 0 Å². The Bertz CT molecular complexity index is 420. The van der Waals surface area contributed by atoms with Crippen molar-refractivity contribution in [3.63, 3.8) is 0 Å². The van der Waals surface area contributed by atoms with E-state index in [0.29, 0.717) is 6.42 Å². The van der Waals surface area contributed by atoms with Crippen LogP contribution in [0, 0.1) is 11.8 Å². The number of pyridine rings is 1. The average molecular weight is 218 g/mol. The second-order valence-corrected chi connectivity index (χ2v) is 4.79.